The minimum absolute atomic E-state index is 0.0968. The molecule has 172 valence electrons. The van der Waals surface area contributed by atoms with Crippen molar-refractivity contribution < 1.29 is 19.5 Å². The molecule has 3 N–H and O–H groups in total. The van der Waals surface area contributed by atoms with E-state index in [4.69, 9.17) is 11.6 Å². The molecule has 1 atom stereocenters. The highest BCUT2D eigenvalue weighted by atomic mass is 35.5. The van der Waals surface area contributed by atoms with Gasteiger partial charge in [-0.2, -0.15) is 0 Å². The van der Waals surface area contributed by atoms with Gasteiger partial charge >= 0.3 is 0 Å². The van der Waals surface area contributed by atoms with E-state index in [9.17, 15) is 24.3 Å². The molecule has 3 aromatic rings. The topological polar surface area (TPSA) is 106 Å². The van der Waals surface area contributed by atoms with Gasteiger partial charge in [-0.15, -0.1) is 0 Å². The summed E-state index contributed by atoms with van der Waals surface area (Å²) in [6.07, 6.45) is 1.58. The van der Waals surface area contributed by atoms with E-state index in [0.717, 1.165) is 11.0 Å². The molecule has 7 nitrogen and oxygen atoms in total. The maximum atomic E-state index is 15.0. The summed E-state index contributed by atoms with van der Waals surface area (Å²) in [6, 6.07) is 14.0. The first-order valence-electron chi connectivity index (χ1n) is 10.2. The van der Waals surface area contributed by atoms with E-state index < -0.39 is 24.2 Å². The van der Waals surface area contributed by atoms with Crippen molar-refractivity contribution in [2.75, 3.05) is 13.2 Å². The van der Waals surface area contributed by atoms with Crippen LogP contribution in [0.15, 0.2) is 70.7 Å². The fraction of sp³-hybridized carbons (Fsp3) is 0.208. The van der Waals surface area contributed by atoms with Crippen LogP contribution < -0.4 is 5.56 Å². The van der Waals surface area contributed by atoms with Gasteiger partial charge in [-0.25, -0.2) is 4.39 Å². The molecule has 1 amide bonds. The third-order valence-electron chi connectivity index (χ3n) is 5.21. The second-order valence-electron chi connectivity index (χ2n) is 7.45. The van der Waals surface area contributed by atoms with Gasteiger partial charge in [0.1, 0.15) is 5.82 Å². The number of benzene rings is 2. The van der Waals surface area contributed by atoms with Crippen molar-refractivity contribution in [3.05, 3.63) is 104 Å². The Morgan fingerprint density at radius 1 is 1.21 bits per heavy atom. The number of aliphatic hydroxyl groups is 1. The summed E-state index contributed by atoms with van der Waals surface area (Å²) in [5.41, 5.74) is 1.27. The van der Waals surface area contributed by atoms with Gasteiger partial charge in [0.05, 0.1) is 19.1 Å². The summed E-state index contributed by atoms with van der Waals surface area (Å²) in [5, 5.41) is 23.1. The lowest BCUT2D eigenvalue weighted by molar-refractivity contribution is 0.0815. The number of aryl methyl sites for hydroxylation is 1. The van der Waals surface area contributed by atoms with E-state index >= 15 is 0 Å². The highest BCUT2D eigenvalue weighted by Gasteiger charge is 2.31. The van der Waals surface area contributed by atoms with Gasteiger partial charge in [-0.3, -0.25) is 14.5 Å². The van der Waals surface area contributed by atoms with Gasteiger partial charge in [0, 0.05) is 22.3 Å². The predicted octanol–water partition coefficient (Wildman–Crippen LogP) is 3.72. The molecule has 1 aromatic heterocycles. The molecule has 2 aromatic carbocycles. The number of amidine groups is 1. The monoisotopic (exact) mass is 471 g/mol. The lowest BCUT2D eigenvalue weighted by Crippen LogP contribution is -2.42. The van der Waals surface area contributed by atoms with E-state index in [1.165, 1.54) is 18.3 Å². The molecule has 0 bridgehead atoms. The van der Waals surface area contributed by atoms with Crippen LogP contribution in [0.4, 0.5) is 4.39 Å². The zero-order valence-electron chi connectivity index (χ0n) is 17.8. The number of H-pyrrole nitrogens is 1. The molecule has 0 aliphatic heterocycles. The Balaban J connectivity index is 2.11. The van der Waals surface area contributed by atoms with Gasteiger partial charge in [0.15, 0.2) is 5.84 Å². The van der Waals surface area contributed by atoms with Gasteiger partial charge in [0.2, 0.25) is 0 Å². The summed E-state index contributed by atoms with van der Waals surface area (Å²) in [7, 11) is 0. The zero-order chi connectivity index (χ0) is 24.0. The first kappa shape index (κ1) is 24.2. The van der Waals surface area contributed by atoms with Crippen LogP contribution in [0, 0.1) is 12.7 Å². The number of amides is 1. The molecule has 0 saturated carbocycles. The number of oxime groups is 1. The zero-order valence-corrected chi connectivity index (χ0v) is 18.6. The van der Waals surface area contributed by atoms with E-state index in [1.807, 2.05) is 0 Å². The van der Waals surface area contributed by atoms with Crippen LogP contribution in [0.2, 0.25) is 5.02 Å². The lowest BCUT2D eigenvalue weighted by Gasteiger charge is -2.29. The van der Waals surface area contributed by atoms with Crippen LogP contribution in [0.5, 0.6) is 0 Å². The molecular weight excluding hydrogens is 449 g/mol. The van der Waals surface area contributed by atoms with Crippen LogP contribution in [0.1, 0.15) is 33.0 Å². The normalized spacial score (nSPS) is 12.4. The van der Waals surface area contributed by atoms with Crippen molar-refractivity contribution >= 4 is 23.3 Å². The van der Waals surface area contributed by atoms with Crippen LogP contribution in [-0.4, -0.2) is 45.1 Å². The van der Waals surface area contributed by atoms with Gasteiger partial charge in [0.25, 0.3) is 11.5 Å². The van der Waals surface area contributed by atoms with Crippen molar-refractivity contribution in [2.45, 2.75) is 19.3 Å². The molecule has 3 rings (SSSR count). The highest BCUT2D eigenvalue weighted by molar-refractivity contribution is 6.30. The largest absolute Gasteiger partial charge is 0.409 e. The van der Waals surface area contributed by atoms with Gasteiger partial charge < -0.3 is 15.3 Å². The summed E-state index contributed by atoms with van der Waals surface area (Å²) < 4.78 is 15.0. The number of rotatable bonds is 7. The third kappa shape index (κ3) is 5.66. The Morgan fingerprint density at radius 3 is 2.55 bits per heavy atom. The first-order valence-corrected chi connectivity index (χ1v) is 10.6. The molecule has 9 heteroatoms. The molecule has 33 heavy (non-hydrogen) atoms. The molecule has 1 unspecified atom stereocenters. The SMILES string of the molecule is Cc1cc(CC(/C(=N\O)N(CCO)C(=O)c2ccccc2)c2ccc(Cl)cc2F)c[nH]c1=O. The Morgan fingerprint density at radius 2 is 1.94 bits per heavy atom. The molecule has 0 radical (unpaired) electrons. The first-order chi connectivity index (χ1) is 15.8. The molecule has 0 aliphatic carbocycles. The smallest absolute Gasteiger partial charge is 0.259 e. The van der Waals surface area contributed by atoms with Crippen LogP contribution in [-0.2, 0) is 6.42 Å². The Hall–Kier alpha value is -3.49. The Kier molecular flexibility index (Phi) is 7.97. The van der Waals surface area contributed by atoms with E-state index in [1.54, 1.807) is 43.3 Å². The number of nitrogens with zero attached hydrogens (tertiary/aromatic N) is 2. The number of aromatic nitrogens is 1. The summed E-state index contributed by atoms with van der Waals surface area (Å²) >= 11 is 5.92. The Bertz CT molecular complexity index is 1210. The molecule has 1 heterocycles. The van der Waals surface area contributed by atoms with E-state index in [-0.39, 0.29) is 34.9 Å². The van der Waals surface area contributed by atoms with Crippen molar-refractivity contribution in [2.24, 2.45) is 5.16 Å². The van der Waals surface area contributed by atoms with Crippen molar-refractivity contribution in [1.82, 2.24) is 9.88 Å². The van der Waals surface area contributed by atoms with E-state index in [2.05, 4.69) is 10.1 Å². The van der Waals surface area contributed by atoms with Gasteiger partial charge in [-0.05, 0) is 54.8 Å². The maximum Gasteiger partial charge on any atom is 0.259 e. The minimum atomic E-state index is -0.934. The number of carbonyl (C=O) groups excluding carboxylic acids is 1. The fourth-order valence-corrected chi connectivity index (χ4v) is 3.76. The number of pyridine rings is 1. The van der Waals surface area contributed by atoms with Crippen molar-refractivity contribution in [3.8, 4) is 0 Å². The lowest BCUT2D eigenvalue weighted by atomic mass is 9.89. The van der Waals surface area contributed by atoms with Crippen molar-refractivity contribution in [3.63, 3.8) is 0 Å². The second kappa shape index (κ2) is 10.9. The summed E-state index contributed by atoms with van der Waals surface area (Å²) in [5.74, 6) is -2.25. The number of hydrogen-bond donors (Lipinski definition) is 3. The average Bonchev–Trinajstić information content (AvgIpc) is 2.81. The number of aliphatic hydroxyl groups excluding tert-OH is 1. The fourth-order valence-electron chi connectivity index (χ4n) is 3.60. The standard InChI is InChI=1S/C24H23ClFN3O4/c1-15-11-16(14-27-23(15)31)12-20(19-8-7-18(25)13-21(19)26)22(28-33)29(9-10-30)24(32)17-5-3-2-4-6-17/h2-8,11,13-14,20,30,33H,9-10,12H2,1H3,(H,27,31)/b28-22+. The number of carbonyl (C=O) groups is 1. The number of hydrogen-bond acceptors (Lipinski definition) is 5. The van der Waals surface area contributed by atoms with Gasteiger partial charge in [-0.1, -0.05) is 41.0 Å². The molecule has 0 fully saturated rings. The molecule has 0 spiro atoms. The second-order valence-corrected chi connectivity index (χ2v) is 7.88. The van der Waals surface area contributed by atoms with Crippen molar-refractivity contribution in [1.29, 1.82) is 0 Å². The quantitative estimate of drug-likeness (QED) is 0.211. The number of nitrogens with one attached hydrogen (secondary N) is 1. The number of halogens is 2. The molecule has 0 aliphatic rings. The number of aromatic amines is 1. The average molecular weight is 472 g/mol. The highest BCUT2D eigenvalue weighted by Crippen LogP contribution is 2.29. The Labute approximate surface area is 194 Å². The van der Waals surface area contributed by atoms with Crippen LogP contribution in [0.25, 0.3) is 0 Å². The third-order valence-corrected chi connectivity index (χ3v) is 5.44. The molecular formula is C24H23ClFN3O4. The van der Waals surface area contributed by atoms with E-state index in [0.29, 0.717) is 16.7 Å². The van der Waals surface area contributed by atoms with Crippen LogP contribution >= 0.6 is 11.6 Å². The summed E-state index contributed by atoms with van der Waals surface area (Å²) in [6.45, 7) is 1.05. The minimum Gasteiger partial charge on any atom is -0.409 e. The van der Waals surface area contributed by atoms with Crippen LogP contribution in [0.3, 0.4) is 0 Å². The maximum absolute atomic E-state index is 15.0. The molecule has 0 saturated heterocycles. The predicted molar refractivity (Wildman–Crippen MR) is 123 cm³/mol. The summed E-state index contributed by atoms with van der Waals surface area (Å²) in [4.78, 5) is 28.7.